The highest BCUT2D eigenvalue weighted by molar-refractivity contribution is 7.17. The molecule has 3 aromatic heterocycles. The zero-order valence-corrected chi connectivity index (χ0v) is 16.5. The number of aromatic amines is 1. The predicted molar refractivity (Wildman–Crippen MR) is 101 cm³/mol. The summed E-state index contributed by atoms with van der Waals surface area (Å²) >= 11 is 1.08. The number of aromatic nitrogens is 5. The predicted octanol–water partition coefficient (Wildman–Crippen LogP) is 2.62. The highest BCUT2D eigenvalue weighted by Crippen LogP contribution is 2.26. The van der Waals surface area contributed by atoms with Crippen molar-refractivity contribution in [3.05, 3.63) is 33.7 Å². The molecule has 0 aromatic carbocycles. The number of amides is 1. The molecule has 0 saturated heterocycles. The van der Waals surface area contributed by atoms with E-state index in [0.717, 1.165) is 28.3 Å². The lowest BCUT2D eigenvalue weighted by atomic mass is 10.1. The van der Waals surface area contributed by atoms with Crippen molar-refractivity contribution in [2.45, 2.75) is 27.7 Å². The molecular formula is C17H20N6O3S. The molecule has 0 atom stereocenters. The quantitative estimate of drug-likeness (QED) is 0.649. The number of aryl methyl sites for hydroxylation is 3. The molecule has 1 amide bonds. The number of H-pyrrole nitrogens is 1. The maximum absolute atomic E-state index is 12.5. The molecule has 0 radical (unpaired) electrons. The number of nitrogens with zero attached hydrogens (tertiary/aromatic N) is 4. The molecule has 0 spiro atoms. The minimum atomic E-state index is -0.445. The van der Waals surface area contributed by atoms with E-state index < -0.39 is 11.9 Å². The van der Waals surface area contributed by atoms with E-state index in [1.807, 2.05) is 20.9 Å². The smallest absolute Gasteiger partial charge is 0.350 e. The second kappa shape index (κ2) is 7.31. The van der Waals surface area contributed by atoms with Crippen molar-refractivity contribution in [3.63, 3.8) is 0 Å². The monoisotopic (exact) mass is 388 g/mol. The third-order valence-corrected chi connectivity index (χ3v) is 5.12. The van der Waals surface area contributed by atoms with E-state index in [-0.39, 0.29) is 12.3 Å². The Kier molecular flexibility index (Phi) is 5.08. The van der Waals surface area contributed by atoms with Crippen molar-refractivity contribution in [1.29, 1.82) is 0 Å². The summed E-state index contributed by atoms with van der Waals surface area (Å²) in [6.07, 6.45) is 0. The van der Waals surface area contributed by atoms with Gasteiger partial charge in [0.15, 0.2) is 5.13 Å². The number of ether oxygens (including phenoxy) is 1. The minimum absolute atomic E-state index is 0.280. The van der Waals surface area contributed by atoms with E-state index in [0.29, 0.717) is 21.4 Å². The van der Waals surface area contributed by atoms with Gasteiger partial charge in [-0.1, -0.05) is 11.3 Å². The van der Waals surface area contributed by atoms with Crippen molar-refractivity contribution in [2.75, 3.05) is 11.9 Å². The van der Waals surface area contributed by atoms with Crippen LogP contribution >= 0.6 is 11.3 Å². The minimum Gasteiger partial charge on any atom is -0.462 e. The van der Waals surface area contributed by atoms with Crippen molar-refractivity contribution < 1.29 is 14.3 Å². The number of esters is 1. The maximum atomic E-state index is 12.5. The van der Waals surface area contributed by atoms with E-state index in [1.165, 1.54) is 0 Å². The fraction of sp³-hybridized carbons (Fsp3) is 0.353. The van der Waals surface area contributed by atoms with Crippen LogP contribution in [0.5, 0.6) is 0 Å². The van der Waals surface area contributed by atoms with E-state index in [2.05, 4.69) is 25.6 Å². The first-order valence-electron chi connectivity index (χ1n) is 8.33. The molecule has 3 aromatic rings. The number of carbonyl (C=O) groups excluding carboxylic acids is 2. The lowest BCUT2D eigenvalue weighted by Crippen LogP contribution is -2.12. The fourth-order valence-electron chi connectivity index (χ4n) is 2.71. The van der Waals surface area contributed by atoms with Crippen molar-refractivity contribution >= 4 is 28.3 Å². The van der Waals surface area contributed by atoms with Crippen LogP contribution in [0.15, 0.2) is 6.07 Å². The molecule has 0 bridgehead atoms. The fourth-order valence-corrected chi connectivity index (χ4v) is 3.57. The van der Waals surface area contributed by atoms with Crippen LogP contribution in [0.2, 0.25) is 0 Å². The first-order valence-corrected chi connectivity index (χ1v) is 9.15. The number of anilines is 1. The average molecular weight is 388 g/mol. The van der Waals surface area contributed by atoms with Crippen LogP contribution in [-0.2, 0) is 11.8 Å². The van der Waals surface area contributed by atoms with Gasteiger partial charge in [-0.15, -0.1) is 0 Å². The van der Waals surface area contributed by atoms with Gasteiger partial charge in [0.25, 0.3) is 5.91 Å². The highest BCUT2D eigenvalue weighted by Gasteiger charge is 2.20. The molecule has 142 valence electrons. The molecule has 27 heavy (non-hydrogen) atoms. The van der Waals surface area contributed by atoms with Crippen LogP contribution in [0.25, 0.3) is 11.3 Å². The number of thiazole rings is 1. The van der Waals surface area contributed by atoms with Gasteiger partial charge in [-0.2, -0.15) is 10.2 Å². The zero-order chi connectivity index (χ0) is 19.7. The van der Waals surface area contributed by atoms with Gasteiger partial charge < -0.3 is 4.74 Å². The first kappa shape index (κ1) is 18.8. The molecule has 3 heterocycles. The van der Waals surface area contributed by atoms with Gasteiger partial charge in [-0.05, 0) is 33.8 Å². The van der Waals surface area contributed by atoms with Gasteiger partial charge in [0.2, 0.25) is 0 Å². The zero-order valence-electron chi connectivity index (χ0n) is 15.7. The van der Waals surface area contributed by atoms with E-state index >= 15 is 0 Å². The Bertz CT molecular complexity index is 1020. The van der Waals surface area contributed by atoms with E-state index in [4.69, 9.17) is 4.74 Å². The summed E-state index contributed by atoms with van der Waals surface area (Å²) < 4.78 is 6.76. The SMILES string of the molecule is CCOC(=O)c1sc(NC(=O)c2cc(-c3c(C)nn(C)c3C)n[nH]2)nc1C. The Morgan fingerprint density at radius 1 is 1.30 bits per heavy atom. The van der Waals surface area contributed by atoms with Crippen molar-refractivity contribution in [2.24, 2.45) is 7.05 Å². The van der Waals surface area contributed by atoms with E-state index in [9.17, 15) is 9.59 Å². The molecule has 0 aliphatic heterocycles. The normalized spacial score (nSPS) is 10.9. The van der Waals surface area contributed by atoms with Gasteiger partial charge in [0.05, 0.1) is 23.7 Å². The molecule has 2 N–H and O–H groups in total. The van der Waals surface area contributed by atoms with Crippen LogP contribution in [0, 0.1) is 20.8 Å². The molecule has 0 saturated carbocycles. The number of nitrogens with one attached hydrogen (secondary N) is 2. The lowest BCUT2D eigenvalue weighted by molar-refractivity contribution is 0.0531. The molecule has 9 nitrogen and oxygen atoms in total. The largest absolute Gasteiger partial charge is 0.462 e. The van der Waals surface area contributed by atoms with Crippen LogP contribution in [0.3, 0.4) is 0 Å². The Labute approximate surface area is 159 Å². The Morgan fingerprint density at radius 2 is 2.04 bits per heavy atom. The average Bonchev–Trinajstić information content (AvgIpc) is 3.27. The van der Waals surface area contributed by atoms with Crippen LogP contribution < -0.4 is 5.32 Å². The summed E-state index contributed by atoms with van der Waals surface area (Å²) in [5, 5.41) is 14.3. The van der Waals surface area contributed by atoms with Crippen LogP contribution in [0.1, 0.15) is 44.2 Å². The standard InChI is InChI=1S/C17H20N6O3S/c1-6-26-16(25)14-9(3)18-17(27-14)19-15(24)12-7-11(20-21-12)13-8(2)22-23(5)10(13)4/h7H,6H2,1-5H3,(H,20,21)(H,18,19,24). The molecule has 3 rings (SSSR count). The summed E-state index contributed by atoms with van der Waals surface area (Å²) in [5.74, 6) is -0.837. The van der Waals surface area contributed by atoms with Crippen LogP contribution in [0.4, 0.5) is 5.13 Å². The Balaban J connectivity index is 1.79. The Hall–Kier alpha value is -3.01. The Morgan fingerprint density at radius 3 is 2.67 bits per heavy atom. The molecule has 0 fully saturated rings. The molecule has 0 aliphatic carbocycles. The number of carbonyl (C=O) groups is 2. The number of hydrogen-bond acceptors (Lipinski definition) is 7. The third-order valence-electron chi connectivity index (χ3n) is 4.07. The third kappa shape index (κ3) is 3.61. The van der Waals surface area contributed by atoms with Gasteiger partial charge in [0, 0.05) is 18.3 Å². The van der Waals surface area contributed by atoms with Gasteiger partial charge >= 0.3 is 5.97 Å². The summed E-state index contributed by atoms with van der Waals surface area (Å²) in [4.78, 5) is 29.0. The highest BCUT2D eigenvalue weighted by atomic mass is 32.1. The van der Waals surface area contributed by atoms with Gasteiger partial charge in [-0.25, -0.2) is 9.78 Å². The summed E-state index contributed by atoms with van der Waals surface area (Å²) in [7, 11) is 1.86. The van der Waals surface area contributed by atoms with Crippen molar-refractivity contribution in [3.8, 4) is 11.3 Å². The molecule has 0 unspecified atom stereocenters. The number of hydrogen-bond donors (Lipinski definition) is 2. The van der Waals surface area contributed by atoms with Gasteiger partial charge in [-0.3, -0.25) is 19.9 Å². The van der Waals surface area contributed by atoms with Crippen LogP contribution in [-0.4, -0.2) is 43.4 Å². The summed E-state index contributed by atoms with van der Waals surface area (Å²) in [6, 6.07) is 1.67. The topological polar surface area (TPSA) is 115 Å². The summed E-state index contributed by atoms with van der Waals surface area (Å²) in [6.45, 7) is 7.55. The number of rotatable bonds is 5. The maximum Gasteiger partial charge on any atom is 0.350 e. The molecule has 10 heteroatoms. The van der Waals surface area contributed by atoms with E-state index in [1.54, 1.807) is 24.6 Å². The van der Waals surface area contributed by atoms with Gasteiger partial charge in [0.1, 0.15) is 10.6 Å². The van der Waals surface area contributed by atoms with Crippen molar-refractivity contribution in [1.82, 2.24) is 25.0 Å². The first-order chi connectivity index (χ1) is 12.8. The summed E-state index contributed by atoms with van der Waals surface area (Å²) in [5.41, 5.74) is 4.13. The molecular weight excluding hydrogens is 368 g/mol. The second-order valence-corrected chi connectivity index (χ2v) is 6.94. The lowest BCUT2D eigenvalue weighted by Gasteiger charge is -1.98. The second-order valence-electron chi connectivity index (χ2n) is 5.94. The molecule has 0 aliphatic rings.